The van der Waals surface area contributed by atoms with E-state index in [4.69, 9.17) is 5.11 Å². The Morgan fingerprint density at radius 3 is 2.68 bits per heavy atom. The maximum atomic E-state index is 13.2. The fraction of sp³-hybridized carbons (Fsp3) is 0.267. The maximum Gasteiger partial charge on any atom is 0.434 e. The summed E-state index contributed by atoms with van der Waals surface area (Å²) in [5.74, 6) is -1.38. The summed E-state index contributed by atoms with van der Waals surface area (Å²) < 4.78 is 40.2. The molecule has 134 valence electrons. The molecule has 10 heteroatoms. The second kappa shape index (κ2) is 7.60. The number of anilines is 1. The minimum atomic E-state index is -4.90. The molecule has 2 rings (SSSR count). The van der Waals surface area contributed by atoms with Crippen LogP contribution in [0.25, 0.3) is 5.69 Å². The first-order valence-electron chi connectivity index (χ1n) is 7.01. The van der Waals surface area contributed by atoms with Gasteiger partial charge in [0.2, 0.25) is 5.91 Å². The number of hydrogen-bond donors (Lipinski definition) is 2. The van der Waals surface area contributed by atoms with E-state index in [2.05, 4.69) is 10.4 Å². The predicted octanol–water partition coefficient (Wildman–Crippen LogP) is 3.28. The summed E-state index contributed by atoms with van der Waals surface area (Å²) in [5.41, 5.74) is -2.04. The number of rotatable bonds is 6. The second-order valence-corrected chi connectivity index (χ2v) is 5.95. The van der Waals surface area contributed by atoms with E-state index in [0.29, 0.717) is 22.3 Å². The summed E-state index contributed by atoms with van der Waals surface area (Å²) in [6, 6.07) is 5.60. The lowest BCUT2D eigenvalue weighted by molar-refractivity contribution is -0.143. The van der Waals surface area contributed by atoms with E-state index in [-0.39, 0.29) is 18.0 Å². The van der Waals surface area contributed by atoms with Crippen molar-refractivity contribution in [1.29, 1.82) is 0 Å². The van der Waals surface area contributed by atoms with E-state index in [1.165, 1.54) is 36.0 Å². The molecule has 1 heterocycles. The number of alkyl halides is 3. The number of aromatic carboxylic acids is 1. The standard InChI is InChI=1S/C15H14F3N3O3S/c1-25-6-5-12(22)20-9-3-2-4-10(7-9)21-13(15(16,17)18)11(8-19-21)14(23)24/h2-4,7-8H,5-6H2,1H3,(H,20,22)(H,23,24). The highest BCUT2D eigenvalue weighted by Gasteiger charge is 2.40. The molecule has 0 aliphatic heterocycles. The molecule has 1 amide bonds. The number of amides is 1. The lowest BCUT2D eigenvalue weighted by Crippen LogP contribution is -2.17. The van der Waals surface area contributed by atoms with Gasteiger partial charge in [0.1, 0.15) is 5.56 Å². The first kappa shape index (κ1) is 18.8. The number of carbonyl (C=O) groups is 2. The largest absolute Gasteiger partial charge is 0.478 e. The smallest absolute Gasteiger partial charge is 0.434 e. The SMILES string of the molecule is CSCCC(=O)Nc1cccc(-n2ncc(C(=O)O)c2C(F)(F)F)c1. The highest BCUT2D eigenvalue weighted by molar-refractivity contribution is 7.98. The molecule has 0 aliphatic carbocycles. The summed E-state index contributed by atoms with van der Waals surface area (Å²) in [5, 5.41) is 15.1. The van der Waals surface area contributed by atoms with Crippen molar-refractivity contribution >= 4 is 29.3 Å². The Kier molecular flexibility index (Phi) is 5.73. The molecule has 0 bridgehead atoms. The van der Waals surface area contributed by atoms with Crippen molar-refractivity contribution in [2.75, 3.05) is 17.3 Å². The van der Waals surface area contributed by atoms with E-state index >= 15 is 0 Å². The number of halogens is 3. The predicted molar refractivity (Wildman–Crippen MR) is 87.2 cm³/mol. The molecule has 0 radical (unpaired) electrons. The number of carbonyl (C=O) groups excluding carboxylic acids is 1. The molecule has 0 aliphatic rings. The van der Waals surface area contributed by atoms with Crippen LogP contribution in [0.2, 0.25) is 0 Å². The van der Waals surface area contributed by atoms with E-state index in [0.717, 1.165) is 0 Å². The minimum absolute atomic E-state index is 0.0116. The third kappa shape index (κ3) is 4.53. The fourth-order valence-corrected chi connectivity index (χ4v) is 2.50. The Hall–Kier alpha value is -2.49. The average molecular weight is 373 g/mol. The van der Waals surface area contributed by atoms with Crippen molar-refractivity contribution in [2.45, 2.75) is 12.6 Å². The Balaban J connectivity index is 2.38. The number of thioether (sulfide) groups is 1. The zero-order valence-corrected chi connectivity index (χ0v) is 13.8. The lowest BCUT2D eigenvalue weighted by atomic mass is 10.2. The van der Waals surface area contributed by atoms with Gasteiger partial charge in [0.15, 0.2) is 5.69 Å². The molecule has 0 saturated heterocycles. The van der Waals surface area contributed by atoms with Crippen molar-refractivity contribution in [2.24, 2.45) is 0 Å². The summed E-state index contributed by atoms with van der Waals surface area (Å²) >= 11 is 1.50. The van der Waals surface area contributed by atoms with Gasteiger partial charge in [-0.05, 0) is 24.5 Å². The van der Waals surface area contributed by atoms with E-state index in [1.807, 2.05) is 6.26 Å². The average Bonchev–Trinajstić information content (AvgIpc) is 2.98. The van der Waals surface area contributed by atoms with Gasteiger partial charge in [0.25, 0.3) is 0 Å². The highest BCUT2D eigenvalue weighted by Crippen LogP contribution is 2.34. The van der Waals surface area contributed by atoms with Crippen molar-refractivity contribution < 1.29 is 27.9 Å². The van der Waals surface area contributed by atoms with Crippen molar-refractivity contribution in [3.8, 4) is 5.69 Å². The van der Waals surface area contributed by atoms with Gasteiger partial charge in [-0.1, -0.05) is 6.07 Å². The third-order valence-electron chi connectivity index (χ3n) is 3.18. The van der Waals surface area contributed by atoms with Crippen LogP contribution in [0.15, 0.2) is 30.5 Å². The number of carboxylic acid groups (broad SMARTS) is 1. The Morgan fingerprint density at radius 2 is 2.08 bits per heavy atom. The number of nitrogens with one attached hydrogen (secondary N) is 1. The van der Waals surface area contributed by atoms with E-state index < -0.39 is 23.4 Å². The Labute approximate surface area is 145 Å². The van der Waals surface area contributed by atoms with Crippen LogP contribution in [0.5, 0.6) is 0 Å². The van der Waals surface area contributed by atoms with E-state index in [1.54, 1.807) is 0 Å². The number of nitrogens with zero attached hydrogens (tertiary/aromatic N) is 2. The van der Waals surface area contributed by atoms with Crippen LogP contribution in [0.1, 0.15) is 22.5 Å². The molecule has 2 N–H and O–H groups in total. The number of hydrogen-bond acceptors (Lipinski definition) is 4. The Morgan fingerprint density at radius 1 is 1.36 bits per heavy atom. The van der Waals surface area contributed by atoms with Crippen LogP contribution in [0, 0.1) is 0 Å². The number of aromatic nitrogens is 2. The molecule has 0 spiro atoms. The molecular formula is C15H14F3N3O3S. The molecular weight excluding hydrogens is 359 g/mol. The van der Waals surface area contributed by atoms with Gasteiger partial charge in [-0.15, -0.1) is 0 Å². The summed E-state index contributed by atoms with van der Waals surface area (Å²) in [6.07, 6.45) is -2.13. The molecule has 0 unspecified atom stereocenters. The van der Waals surface area contributed by atoms with Gasteiger partial charge in [-0.2, -0.15) is 30.0 Å². The highest BCUT2D eigenvalue weighted by atomic mass is 32.2. The topological polar surface area (TPSA) is 84.2 Å². The maximum absolute atomic E-state index is 13.2. The van der Waals surface area contributed by atoms with Crippen LogP contribution < -0.4 is 5.32 Å². The first-order valence-corrected chi connectivity index (χ1v) is 8.41. The molecule has 1 aromatic heterocycles. The van der Waals surface area contributed by atoms with Crippen LogP contribution in [0.4, 0.5) is 18.9 Å². The number of benzene rings is 1. The molecule has 25 heavy (non-hydrogen) atoms. The molecule has 0 saturated carbocycles. The van der Waals surface area contributed by atoms with E-state index in [9.17, 15) is 22.8 Å². The molecule has 0 atom stereocenters. The quantitative estimate of drug-likeness (QED) is 0.812. The van der Waals surface area contributed by atoms with Gasteiger partial charge in [0, 0.05) is 17.9 Å². The minimum Gasteiger partial charge on any atom is -0.478 e. The summed E-state index contributed by atoms with van der Waals surface area (Å²) in [4.78, 5) is 22.7. The van der Waals surface area contributed by atoms with Gasteiger partial charge in [-0.25, -0.2) is 9.48 Å². The van der Waals surface area contributed by atoms with Crippen LogP contribution >= 0.6 is 11.8 Å². The van der Waals surface area contributed by atoms with Gasteiger partial charge < -0.3 is 10.4 Å². The zero-order valence-electron chi connectivity index (χ0n) is 13.0. The third-order valence-corrected chi connectivity index (χ3v) is 3.79. The normalized spacial score (nSPS) is 11.4. The van der Waals surface area contributed by atoms with Crippen LogP contribution in [-0.2, 0) is 11.0 Å². The zero-order chi connectivity index (χ0) is 18.6. The first-order chi connectivity index (χ1) is 11.7. The van der Waals surface area contributed by atoms with Gasteiger partial charge >= 0.3 is 12.1 Å². The summed E-state index contributed by atoms with van der Waals surface area (Å²) in [7, 11) is 0. The fourth-order valence-electron chi connectivity index (χ4n) is 2.11. The Bertz CT molecular complexity index is 790. The summed E-state index contributed by atoms with van der Waals surface area (Å²) in [6.45, 7) is 0. The molecule has 0 fully saturated rings. The van der Waals surface area contributed by atoms with Gasteiger partial charge in [-0.3, -0.25) is 4.79 Å². The van der Waals surface area contributed by atoms with Crippen LogP contribution in [0.3, 0.4) is 0 Å². The number of carboxylic acids is 1. The van der Waals surface area contributed by atoms with Crippen molar-refractivity contribution in [3.05, 3.63) is 41.7 Å². The van der Waals surface area contributed by atoms with Crippen molar-refractivity contribution in [3.63, 3.8) is 0 Å². The second-order valence-electron chi connectivity index (χ2n) is 4.96. The van der Waals surface area contributed by atoms with Gasteiger partial charge in [0.05, 0.1) is 11.9 Å². The molecule has 6 nitrogen and oxygen atoms in total. The lowest BCUT2D eigenvalue weighted by Gasteiger charge is -2.13. The molecule has 1 aromatic carbocycles. The van der Waals surface area contributed by atoms with Crippen LogP contribution in [-0.4, -0.2) is 38.8 Å². The monoisotopic (exact) mass is 373 g/mol. The van der Waals surface area contributed by atoms with Crippen molar-refractivity contribution in [1.82, 2.24) is 9.78 Å². The molecule has 2 aromatic rings.